The number of benzene rings is 6. The fourth-order valence-electron chi connectivity index (χ4n) is 5.51. The Labute approximate surface area is 274 Å². The van der Waals surface area contributed by atoms with Crippen LogP contribution in [0.15, 0.2) is 178 Å². The molecule has 6 heteroatoms. The molecule has 0 atom stereocenters. The first-order valence-corrected chi connectivity index (χ1v) is 16.2. The summed E-state index contributed by atoms with van der Waals surface area (Å²) in [5.74, 6) is 0. The summed E-state index contributed by atoms with van der Waals surface area (Å²) in [7, 11) is 0. The molecule has 7 rings (SSSR count). The molecule has 0 spiro atoms. The molecule has 0 saturated heterocycles. The van der Waals surface area contributed by atoms with Gasteiger partial charge in [-0.15, -0.1) is 0 Å². The van der Waals surface area contributed by atoms with E-state index in [4.69, 9.17) is 10.2 Å². The van der Waals surface area contributed by atoms with Gasteiger partial charge in [-0.05, 0) is 90.8 Å². The van der Waals surface area contributed by atoms with Crippen molar-refractivity contribution in [2.24, 2.45) is 10.2 Å². The van der Waals surface area contributed by atoms with Crippen LogP contribution in [0.5, 0.6) is 0 Å². The first kappa shape index (κ1) is 29.1. The van der Waals surface area contributed by atoms with Crippen LogP contribution in [0.25, 0.3) is 0 Å². The summed E-state index contributed by atoms with van der Waals surface area (Å²) in [5.41, 5.74) is 8.54. The van der Waals surface area contributed by atoms with E-state index in [-0.39, 0.29) is 0 Å². The zero-order valence-corrected chi connectivity index (χ0v) is 26.3. The van der Waals surface area contributed by atoms with E-state index in [1.54, 1.807) is 11.8 Å². The number of hydrogen-bond acceptors (Lipinski definition) is 6. The molecule has 0 N–H and O–H groups in total. The molecule has 46 heavy (non-hydrogen) atoms. The maximum absolute atomic E-state index is 4.94. The minimum atomic E-state index is 0.868. The predicted molar refractivity (Wildman–Crippen MR) is 195 cm³/mol. The van der Waals surface area contributed by atoms with Crippen LogP contribution in [-0.2, 0) is 0 Å². The number of nitrogens with zero attached hydrogens (tertiary/aromatic N) is 5. The summed E-state index contributed by atoms with van der Waals surface area (Å²) < 4.78 is 0. The average molecular weight is 616 g/mol. The van der Waals surface area contributed by atoms with Gasteiger partial charge < -0.3 is 4.90 Å². The van der Waals surface area contributed by atoms with Crippen LogP contribution < -0.4 is 14.9 Å². The van der Waals surface area contributed by atoms with E-state index in [2.05, 4.69) is 96.8 Å². The molecule has 0 unspecified atom stereocenters. The highest BCUT2D eigenvalue weighted by Crippen LogP contribution is 2.48. The largest absolute Gasteiger partial charge is 0.340 e. The van der Waals surface area contributed by atoms with Crippen LogP contribution >= 0.6 is 11.8 Å². The number of hydrogen-bond donors (Lipinski definition) is 0. The highest BCUT2D eigenvalue weighted by atomic mass is 32.2. The SMILES string of the molecule is CCN1c2ccc(/C=N/N(c3ccccc3)c3ccccc3)cc2Sc2cc(/C=N/N(c3ccccc3)c3ccccc3)ccc21. The van der Waals surface area contributed by atoms with E-state index in [1.165, 1.54) is 21.2 Å². The minimum Gasteiger partial charge on any atom is -0.340 e. The lowest BCUT2D eigenvalue weighted by molar-refractivity contribution is 0.978. The summed E-state index contributed by atoms with van der Waals surface area (Å²) in [6, 6.07) is 54.1. The monoisotopic (exact) mass is 615 g/mol. The Morgan fingerprint density at radius 3 is 1.17 bits per heavy atom. The van der Waals surface area contributed by atoms with Gasteiger partial charge in [0, 0.05) is 16.3 Å². The summed E-state index contributed by atoms with van der Waals surface area (Å²) in [6.07, 6.45) is 3.88. The van der Waals surface area contributed by atoms with Gasteiger partial charge in [0.15, 0.2) is 0 Å². The van der Waals surface area contributed by atoms with E-state index in [0.717, 1.165) is 40.4 Å². The lowest BCUT2D eigenvalue weighted by Crippen LogP contribution is -2.20. The zero-order valence-electron chi connectivity index (χ0n) is 25.5. The maximum Gasteiger partial charge on any atom is 0.0652 e. The number of anilines is 6. The molecular weight excluding hydrogens is 583 g/mol. The second-order valence-electron chi connectivity index (χ2n) is 10.8. The van der Waals surface area contributed by atoms with Gasteiger partial charge in [0.05, 0.1) is 46.6 Å². The Hall–Kier alpha value is -5.59. The van der Waals surface area contributed by atoms with Crippen molar-refractivity contribution in [2.45, 2.75) is 16.7 Å². The Morgan fingerprint density at radius 2 is 0.848 bits per heavy atom. The zero-order chi connectivity index (χ0) is 31.1. The van der Waals surface area contributed by atoms with Crippen molar-refractivity contribution in [1.82, 2.24) is 0 Å². The van der Waals surface area contributed by atoms with Crippen molar-refractivity contribution in [3.63, 3.8) is 0 Å². The molecule has 0 aromatic heterocycles. The Bertz CT molecular complexity index is 1740. The van der Waals surface area contributed by atoms with Gasteiger partial charge in [0.1, 0.15) is 0 Å². The van der Waals surface area contributed by atoms with Gasteiger partial charge in [-0.1, -0.05) is 96.7 Å². The van der Waals surface area contributed by atoms with Gasteiger partial charge in [-0.3, -0.25) is 0 Å². The smallest absolute Gasteiger partial charge is 0.0652 e. The second-order valence-corrected chi connectivity index (χ2v) is 11.8. The highest BCUT2D eigenvalue weighted by molar-refractivity contribution is 7.99. The topological polar surface area (TPSA) is 34.4 Å². The molecule has 0 aliphatic carbocycles. The molecule has 224 valence electrons. The summed E-state index contributed by atoms with van der Waals surface area (Å²) >= 11 is 1.79. The van der Waals surface area contributed by atoms with Gasteiger partial charge >= 0.3 is 0 Å². The van der Waals surface area contributed by atoms with Gasteiger partial charge in [-0.2, -0.15) is 10.2 Å². The van der Waals surface area contributed by atoms with Crippen molar-refractivity contribution in [1.29, 1.82) is 0 Å². The van der Waals surface area contributed by atoms with E-state index in [0.29, 0.717) is 0 Å². The van der Waals surface area contributed by atoms with E-state index < -0.39 is 0 Å². The molecule has 1 aliphatic rings. The predicted octanol–water partition coefficient (Wildman–Crippen LogP) is 10.7. The van der Waals surface area contributed by atoms with Crippen molar-refractivity contribution in [2.75, 3.05) is 21.5 Å². The van der Waals surface area contributed by atoms with Crippen molar-refractivity contribution >= 4 is 58.3 Å². The van der Waals surface area contributed by atoms with Crippen molar-refractivity contribution < 1.29 is 0 Å². The normalized spacial score (nSPS) is 12.2. The Balaban J connectivity index is 1.17. The molecular formula is C40H33N5S. The van der Waals surface area contributed by atoms with E-state index in [1.807, 2.05) is 95.2 Å². The minimum absolute atomic E-state index is 0.868. The van der Waals surface area contributed by atoms with E-state index in [9.17, 15) is 0 Å². The molecule has 0 bridgehead atoms. The molecule has 6 aromatic rings. The summed E-state index contributed by atoms with van der Waals surface area (Å²) in [5, 5.41) is 13.8. The van der Waals surface area contributed by atoms with E-state index >= 15 is 0 Å². The first-order valence-electron chi connectivity index (χ1n) is 15.4. The number of rotatable bonds is 9. The molecule has 1 aliphatic heterocycles. The standard InChI is InChI=1S/C40H33N5S/c1-2-43-37-25-23-31(29-41-44(33-15-7-3-8-16-33)34-17-9-4-10-18-34)27-39(37)46-40-28-32(24-26-38(40)43)30-42-45(35-19-11-5-12-20-35)36-21-13-6-14-22-36/h3-30H,2H2,1H3/b41-29+,42-30+. The third-order valence-electron chi connectivity index (χ3n) is 7.73. The summed E-state index contributed by atoms with van der Waals surface area (Å²) in [4.78, 5) is 4.78. The van der Waals surface area contributed by atoms with Crippen LogP contribution in [0.1, 0.15) is 18.1 Å². The van der Waals surface area contributed by atoms with Gasteiger partial charge in [0.2, 0.25) is 0 Å². The summed E-state index contributed by atoms with van der Waals surface area (Å²) in [6.45, 7) is 3.07. The van der Waals surface area contributed by atoms with Crippen molar-refractivity contribution in [3.05, 3.63) is 169 Å². The number of hydrazone groups is 2. The van der Waals surface area contributed by atoms with Crippen LogP contribution in [-0.4, -0.2) is 19.0 Å². The number of para-hydroxylation sites is 4. The molecule has 1 heterocycles. The quantitative estimate of drug-likeness (QED) is 0.120. The highest BCUT2D eigenvalue weighted by Gasteiger charge is 2.23. The Morgan fingerprint density at radius 1 is 0.500 bits per heavy atom. The lowest BCUT2D eigenvalue weighted by Gasteiger charge is -2.32. The Kier molecular flexibility index (Phi) is 8.61. The average Bonchev–Trinajstić information content (AvgIpc) is 3.12. The third-order valence-corrected chi connectivity index (χ3v) is 8.83. The van der Waals surface area contributed by atoms with Crippen LogP contribution in [0.2, 0.25) is 0 Å². The fourth-order valence-corrected chi connectivity index (χ4v) is 6.70. The number of fused-ring (bicyclic) bond motifs is 2. The maximum atomic E-state index is 4.94. The van der Waals surface area contributed by atoms with Crippen LogP contribution in [0, 0.1) is 0 Å². The molecule has 5 nitrogen and oxygen atoms in total. The van der Waals surface area contributed by atoms with Crippen LogP contribution in [0.3, 0.4) is 0 Å². The molecule has 0 saturated carbocycles. The first-order chi connectivity index (χ1) is 22.8. The lowest BCUT2D eigenvalue weighted by atomic mass is 10.1. The molecule has 0 radical (unpaired) electrons. The molecule has 0 fully saturated rings. The molecule has 0 amide bonds. The van der Waals surface area contributed by atoms with Gasteiger partial charge in [0.25, 0.3) is 0 Å². The molecule has 6 aromatic carbocycles. The van der Waals surface area contributed by atoms with Gasteiger partial charge in [-0.25, -0.2) is 10.0 Å². The van der Waals surface area contributed by atoms with Crippen molar-refractivity contribution in [3.8, 4) is 0 Å². The van der Waals surface area contributed by atoms with Crippen LogP contribution in [0.4, 0.5) is 34.1 Å². The second kappa shape index (κ2) is 13.6. The third kappa shape index (κ3) is 6.29. The fraction of sp³-hybridized carbons (Fsp3) is 0.0500.